The molecule has 1 aromatic rings. The molecule has 0 radical (unpaired) electrons. The summed E-state index contributed by atoms with van der Waals surface area (Å²) in [4.78, 5) is 0. The van der Waals surface area contributed by atoms with Crippen LogP contribution in [0.4, 0.5) is 11.4 Å². The van der Waals surface area contributed by atoms with E-state index in [2.05, 4.69) is 5.32 Å². The van der Waals surface area contributed by atoms with E-state index in [0.29, 0.717) is 28.0 Å². The minimum atomic E-state index is -0.279. The molecule has 0 aromatic heterocycles. The lowest BCUT2D eigenvalue weighted by molar-refractivity contribution is 0.183. The van der Waals surface area contributed by atoms with Gasteiger partial charge >= 0.3 is 0 Å². The SMILES string of the molecule is CC(O)CCCNc1c(Cl)cc(N)cc1Cl. The predicted octanol–water partition coefficient (Wildman–Crippen LogP) is 3.15. The Balaban J connectivity index is 2.54. The molecule has 4 N–H and O–H groups in total. The number of halogens is 2. The second-order valence-corrected chi connectivity index (χ2v) is 4.59. The number of nitrogen functional groups attached to an aromatic ring is 1. The van der Waals surface area contributed by atoms with E-state index in [9.17, 15) is 0 Å². The van der Waals surface area contributed by atoms with Gasteiger partial charge in [0.05, 0.1) is 21.8 Å². The summed E-state index contributed by atoms with van der Waals surface area (Å²) in [5.41, 5.74) is 6.84. The molecular weight excluding hydrogens is 247 g/mol. The fourth-order valence-electron chi connectivity index (χ4n) is 1.37. The highest BCUT2D eigenvalue weighted by Crippen LogP contribution is 2.32. The minimum Gasteiger partial charge on any atom is -0.399 e. The maximum Gasteiger partial charge on any atom is 0.0720 e. The largest absolute Gasteiger partial charge is 0.399 e. The van der Waals surface area contributed by atoms with Gasteiger partial charge in [0.25, 0.3) is 0 Å². The van der Waals surface area contributed by atoms with Gasteiger partial charge in [0.2, 0.25) is 0 Å². The Morgan fingerprint density at radius 1 is 1.38 bits per heavy atom. The van der Waals surface area contributed by atoms with Crippen LogP contribution in [0.2, 0.25) is 10.0 Å². The first-order valence-corrected chi connectivity index (χ1v) is 5.92. The zero-order chi connectivity index (χ0) is 12.1. The van der Waals surface area contributed by atoms with Gasteiger partial charge < -0.3 is 16.2 Å². The lowest BCUT2D eigenvalue weighted by Crippen LogP contribution is -2.07. The molecule has 0 aliphatic rings. The summed E-state index contributed by atoms with van der Waals surface area (Å²) in [5, 5.41) is 13.3. The maximum absolute atomic E-state index is 9.10. The minimum absolute atomic E-state index is 0.279. The molecule has 0 amide bonds. The molecule has 0 saturated heterocycles. The van der Waals surface area contributed by atoms with Crippen molar-refractivity contribution in [1.82, 2.24) is 0 Å². The Kier molecular flexibility index (Phi) is 5.19. The molecule has 1 atom stereocenters. The van der Waals surface area contributed by atoms with Crippen LogP contribution in [0.3, 0.4) is 0 Å². The van der Waals surface area contributed by atoms with Gasteiger partial charge in [-0.05, 0) is 31.9 Å². The molecule has 1 aromatic carbocycles. The molecular formula is C11H16Cl2N2O. The molecule has 5 heteroatoms. The third kappa shape index (κ3) is 4.08. The topological polar surface area (TPSA) is 58.3 Å². The number of rotatable bonds is 5. The summed E-state index contributed by atoms with van der Waals surface area (Å²) < 4.78 is 0. The molecule has 0 saturated carbocycles. The fraction of sp³-hybridized carbons (Fsp3) is 0.455. The van der Waals surface area contributed by atoms with Gasteiger partial charge in [0, 0.05) is 12.2 Å². The normalized spacial score (nSPS) is 12.5. The third-order valence-electron chi connectivity index (χ3n) is 2.16. The quantitative estimate of drug-likeness (QED) is 0.565. The van der Waals surface area contributed by atoms with Crippen LogP contribution in [0.15, 0.2) is 12.1 Å². The highest BCUT2D eigenvalue weighted by Gasteiger charge is 2.06. The predicted molar refractivity (Wildman–Crippen MR) is 70.3 cm³/mol. The lowest BCUT2D eigenvalue weighted by Gasteiger charge is -2.11. The van der Waals surface area contributed by atoms with E-state index in [1.54, 1.807) is 19.1 Å². The van der Waals surface area contributed by atoms with Crippen molar-refractivity contribution < 1.29 is 5.11 Å². The second kappa shape index (κ2) is 6.18. The first-order valence-electron chi connectivity index (χ1n) is 5.17. The molecule has 0 aliphatic heterocycles. The van der Waals surface area contributed by atoms with Crippen LogP contribution in [-0.2, 0) is 0 Å². The Morgan fingerprint density at radius 3 is 2.44 bits per heavy atom. The van der Waals surface area contributed by atoms with Crippen molar-refractivity contribution in [3.63, 3.8) is 0 Å². The molecule has 0 bridgehead atoms. The van der Waals surface area contributed by atoms with Crippen molar-refractivity contribution in [2.24, 2.45) is 0 Å². The molecule has 90 valence electrons. The van der Waals surface area contributed by atoms with Gasteiger partial charge in [-0.25, -0.2) is 0 Å². The molecule has 16 heavy (non-hydrogen) atoms. The molecule has 0 aliphatic carbocycles. The van der Waals surface area contributed by atoms with Crippen LogP contribution in [0, 0.1) is 0 Å². The van der Waals surface area contributed by atoms with E-state index in [-0.39, 0.29) is 6.10 Å². The van der Waals surface area contributed by atoms with Gasteiger partial charge in [0.1, 0.15) is 0 Å². The number of aliphatic hydroxyl groups is 1. The van der Waals surface area contributed by atoms with Crippen LogP contribution < -0.4 is 11.1 Å². The first-order chi connectivity index (χ1) is 7.50. The Bertz CT molecular complexity index is 333. The van der Waals surface area contributed by atoms with Gasteiger partial charge in [0.15, 0.2) is 0 Å². The molecule has 3 nitrogen and oxygen atoms in total. The molecule has 1 rings (SSSR count). The van der Waals surface area contributed by atoms with Crippen LogP contribution in [0.1, 0.15) is 19.8 Å². The molecule has 0 heterocycles. The van der Waals surface area contributed by atoms with Crippen molar-refractivity contribution in [2.75, 3.05) is 17.6 Å². The summed E-state index contributed by atoms with van der Waals surface area (Å²) in [7, 11) is 0. The smallest absolute Gasteiger partial charge is 0.0720 e. The van der Waals surface area contributed by atoms with Gasteiger partial charge in [-0.1, -0.05) is 23.2 Å². The summed E-state index contributed by atoms with van der Waals surface area (Å²) in [5.74, 6) is 0. The van der Waals surface area contributed by atoms with Gasteiger partial charge in [-0.3, -0.25) is 0 Å². The van der Waals surface area contributed by atoms with Gasteiger partial charge in [-0.2, -0.15) is 0 Å². The Morgan fingerprint density at radius 2 is 1.94 bits per heavy atom. The van der Waals surface area contributed by atoms with E-state index in [1.165, 1.54) is 0 Å². The first kappa shape index (κ1) is 13.4. The van der Waals surface area contributed by atoms with E-state index in [1.807, 2.05) is 0 Å². The van der Waals surface area contributed by atoms with E-state index in [0.717, 1.165) is 12.8 Å². The zero-order valence-electron chi connectivity index (χ0n) is 9.13. The summed E-state index contributed by atoms with van der Waals surface area (Å²) in [6.07, 6.45) is 1.32. The molecule has 0 spiro atoms. The van der Waals surface area contributed by atoms with Crippen molar-refractivity contribution in [3.8, 4) is 0 Å². The summed E-state index contributed by atoms with van der Waals surface area (Å²) in [6, 6.07) is 3.31. The van der Waals surface area contributed by atoms with Gasteiger partial charge in [-0.15, -0.1) is 0 Å². The third-order valence-corrected chi connectivity index (χ3v) is 2.76. The summed E-state index contributed by atoms with van der Waals surface area (Å²) >= 11 is 12.0. The van der Waals surface area contributed by atoms with E-state index >= 15 is 0 Å². The average molecular weight is 263 g/mol. The van der Waals surface area contributed by atoms with Crippen molar-refractivity contribution in [3.05, 3.63) is 22.2 Å². The number of nitrogens with one attached hydrogen (secondary N) is 1. The Labute approximate surface area is 106 Å². The Hall–Kier alpha value is -0.640. The highest BCUT2D eigenvalue weighted by molar-refractivity contribution is 6.39. The number of benzene rings is 1. The van der Waals surface area contributed by atoms with E-state index < -0.39 is 0 Å². The summed E-state index contributed by atoms with van der Waals surface area (Å²) in [6.45, 7) is 2.48. The molecule has 1 unspecified atom stereocenters. The van der Waals surface area contributed by atoms with Crippen molar-refractivity contribution in [1.29, 1.82) is 0 Å². The lowest BCUT2D eigenvalue weighted by atomic mass is 10.2. The average Bonchev–Trinajstić information content (AvgIpc) is 2.14. The second-order valence-electron chi connectivity index (χ2n) is 3.78. The van der Waals surface area contributed by atoms with E-state index in [4.69, 9.17) is 34.0 Å². The van der Waals surface area contributed by atoms with Crippen LogP contribution in [0.5, 0.6) is 0 Å². The van der Waals surface area contributed by atoms with Crippen molar-refractivity contribution in [2.45, 2.75) is 25.9 Å². The number of hydrogen-bond acceptors (Lipinski definition) is 3. The number of nitrogens with two attached hydrogens (primary N) is 1. The fourth-order valence-corrected chi connectivity index (χ4v) is 2.01. The van der Waals surface area contributed by atoms with Crippen molar-refractivity contribution >= 4 is 34.6 Å². The monoisotopic (exact) mass is 262 g/mol. The standard InChI is InChI=1S/C11H16Cl2N2O/c1-7(16)3-2-4-15-11-9(12)5-8(14)6-10(11)13/h5-7,15-16H,2-4,14H2,1H3. The maximum atomic E-state index is 9.10. The number of aliphatic hydroxyl groups excluding tert-OH is 1. The number of anilines is 2. The zero-order valence-corrected chi connectivity index (χ0v) is 10.6. The molecule has 0 fully saturated rings. The number of hydrogen-bond donors (Lipinski definition) is 3. The van der Waals surface area contributed by atoms with Crippen LogP contribution in [0.25, 0.3) is 0 Å². The highest BCUT2D eigenvalue weighted by atomic mass is 35.5. The van der Waals surface area contributed by atoms with Crippen LogP contribution in [-0.4, -0.2) is 17.8 Å². The van der Waals surface area contributed by atoms with Crippen LogP contribution >= 0.6 is 23.2 Å².